The first kappa shape index (κ1) is 26.0. The third-order valence-electron chi connectivity index (χ3n) is 4.78. The van der Waals surface area contributed by atoms with Crippen LogP contribution in [0.3, 0.4) is 0 Å². The van der Waals surface area contributed by atoms with Crippen LogP contribution in [0, 0.1) is 6.92 Å². The van der Waals surface area contributed by atoms with E-state index in [2.05, 4.69) is 10.4 Å². The average molecular weight is 508 g/mol. The maximum absolute atomic E-state index is 12.7. The minimum Gasteiger partial charge on any atom is -0.492 e. The molecule has 10 heteroatoms. The van der Waals surface area contributed by atoms with Gasteiger partial charge in [-0.15, -0.1) is 0 Å². The van der Waals surface area contributed by atoms with Gasteiger partial charge in [-0.05, 0) is 43.3 Å². The lowest BCUT2D eigenvalue weighted by atomic mass is 10.2. The number of hydrogen-bond donors (Lipinski definition) is 1. The first-order chi connectivity index (χ1) is 16.2. The molecule has 0 spiro atoms. The SMILES string of the molecule is Cc1ccc(S(=O)(=O)OC(CNC(C)C)COc2ccc(OCCn3cc(Cl)cn3)cc2)cc1. The number of nitrogens with zero attached hydrogens (tertiary/aromatic N) is 2. The van der Waals surface area contributed by atoms with Crippen LogP contribution in [-0.2, 0) is 20.8 Å². The fourth-order valence-electron chi connectivity index (χ4n) is 2.97. The normalized spacial score (nSPS) is 12.6. The Balaban J connectivity index is 1.54. The molecular weight excluding hydrogens is 478 g/mol. The van der Waals surface area contributed by atoms with Crippen LogP contribution < -0.4 is 14.8 Å². The maximum atomic E-state index is 12.7. The van der Waals surface area contributed by atoms with Crippen LogP contribution in [0.15, 0.2) is 65.8 Å². The average Bonchev–Trinajstić information content (AvgIpc) is 3.21. The minimum atomic E-state index is -3.92. The number of hydrogen-bond acceptors (Lipinski definition) is 7. The molecule has 1 heterocycles. The maximum Gasteiger partial charge on any atom is 0.297 e. The number of rotatable bonds is 13. The van der Waals surface area contributed by atoms with E-state index in [1.807, 2.05) is 20.8 Å². The van der Waals surface area contributed by atoms with Gasteiger partial charge in [-0.3, -0.25) is 8.86 Å². The van der Waals surface area contributed by atoms with Gasteiger partial charge in [0.15, 0.2) is 0 Å². The fourth-order valence-corrected chi connectivity index (χ4v) is 4.19. The topological polar surface area (TPSA) is 91.7 Å². The van der Waals surface area contributed by atoms with Crippen molar-refractivity contribution in [3.05, 3.63) is 71.5 Å². The molecular formula is C24H30ClN3O5S. The lowest BCUT2D eigenvalue weighted by molar-refractivity contribution is 0.130. The summed E-state index contributed by atoms with van der Waals surface area (Å²) >= 11 is 5.85. The predicted molar refractivity (Wildman–Crippen MR) is 131 cm³/mol. The van der Waals surface area contributed by atoms with Crippen molar-refractivity contribution < 1.29 is 22.1 Å². The number of benzene rings is 2. The molecule has 0 saturated carbocycles. The van der Waals surface area contributed by atoms with Crippen molar-refractivity contribution in [2.45, 2.75) is 44.4 Å². The molecule has 0 radical (unpaired) electrons. The molecule has 1 atom stereocenters. The summed E-state index contributed by atoms with van der Waals surface area (Å²) in [6.45, 7) is 7.24. The quantitative estimate of drug-likeness (QED) is 0.348. The van der Waals surface area contributed by atoms with Crippen molar-refractivity contribution in [1.82, 2.24) is 15.1 Å². The predicted octanol–water partition coefficient (Wildman–Crippen LogP) is 4.07. The third-order valence-corrected chi connectivity index (χ3v) is 6.35. The highest BCUT2D eigenvalue weighted by molar-refractivity contribution is 7.86. The van der Waals surface area contributed by atoms with Crippen LogP contribution in [0.2, 0.25) is 5.02 Å². The van der Waals surface area contributed by atoms with Crippen molar-refractivity contribution in [3.8, 4) is 11.5 Å². The van der Waals surface area contributed by atoms with Crippen LogP contribution in [-0.4, -0.2) is 50.1 Å². The highest BCUT2D eigenvalue weighted by Crippen LogP contribution is 2.20. The Morgan fingerprint density at radius 1 is 1.03 bits per heavy atom. The fraction of sp³-hybridized carbons (Fsp3) is 0.375. The second-order valence-corrected chi connectivity index (χ2v) is 10.1. The molecule has 0 aliphatic rings. The summed E-state index contributed by atoms with van der Waals surface area (Å²) in [7, 11) is -3.92. The minimum absolute atomic E-state index is 0.0606. The summed E-state index contributed by atoms with van der Waals surface area (Å²) in [5, 5.41) is 7.89. The zero-order valence-corrected chi connectivity index (χ0v) is 21.1. The van der Waals surface area contributed by atoms with Gasteiger partial charge in [0.1, 0.15) is 30.8 Å². The smallest absolute Gasteiger partial charge is 0.297 e. The second kappa shape index (κ2) is 12.2. The molecule has 0 bridgehead atoms. The molecule has 2 aromatic carbocycles. The number of aryl methyl sites for hydroxylation is 1. The van der Waals surface area contributed by atoms with E-state index in [1.165, 1.54) is 12.1 Å². The van der Waals surface area contributed by atoms with Crippen molar-refractivity contribution in [3.63, 3.8) is 0 Å². The number of nitrogens with one attached hydrogen (secondary N) is 1. The summed E-state index contributed by atoms with van der Waals surface area (Å²) in [6.07, 6.45) is 2.60. The van der Waals surface area contributed by atoms with Crippen molar-refractivity contribution in [1.29, 1.82) is 0 Å². The Kier molecular flexibility index (Phi) is 9.35. The molecule has 184 valence electrons. The zero-order chi connectivity index (χ0) is 24.6. The Labute approximate surface area is 205 Å². The molecule has 1 N–H and O–H groups in total. The van der Waals surface area contributed by atoms with E-state index >= 15 is 0 Å². The molecule has 1 aromatic heterocycles. The molecule has 0 amide bonds. The van der Waals surface area contributed by atoms with E-state index in [1.54, 1.807) is 53.5 Å². The molecule has 1 unspecified atom stereocenters. The second-order valence-electron chi connectivity index (χ2n) is 8.10. The molecule has 3 aromatic rings. The van der Waals surface area contributed by atoms with Crippen LogP contribution in [0.4, 0.5) is 0 Å². The van der Waals surface area contributed by atoms with E-state index in [0.29, 0.717) is 36.2 Å². The zero-order valence-electron chi connectivity index (χ0n) is 19.5. The van der Waals surface area contributed by atoms with Crippen LogP contribution >= 0.6 is 11.6 Å². The van der Waals surface area contributed by atoms with Crippen molar-refractivity contribution >= 4 is 21.7 Å². The van der Waals surface area contributed by atoms with E-state index in [4.69, 9.17) is 25.3 Å². The first-order valence-corrected chi connectivity index (χ1v) is 12.8. The van der Waals surface area contributed by atoms with Crippen LogP contribution in [0.5, 0.6) is 11.5 Å². The monoisotopic (exact) mass is 507 g/mol. The van der Waals surface area contributed by atoms with Gasteiger partial charge in [-0.2, -0.15) is 13.5 Å². The molecule has 0 aliphatic carbocycles. The van der Waals surface area contributed by atoms with Gasteiger partial charge in [0.25, 0.3) is 10.1 Å². The van der Waals surface area contributed by atoms with Crippen LogP contribution in [0.1, 0.15) is 19.4 Å². The van der Waals surface area contributed by atoms with Gasteiger partial charge >= 0.3 is 0 Å². The first-order valence-electron chi connectivity index (χ1n) is 11.0. The van der Waals surface area contributed by atoms with Crippen molar-refractivity contribution in [2.24, 2.45) is 0 Å². The van der Waals surface area contributed by atoms with Gasteiger partial charge in [0.2, 0.25) is 0 Å². The largest absolute Gasteiger partial charge is 0.492 e. The molecule has 8 nitrogen and oxygen atoms in total. The number of halogens is 1. The Bertz CT molecular complexity index is 1130. The highest BCUT2D eigenvalue weighted by Gasteiger charge is 2.23. The summed E-state index contributed by atoms with van der Waals surface area (Å²) in [4.78, 5) is 0.117. The Hall–Kier alpha value is -2.59. The third kappa shape index (κ3) is 8.32. The molecule has 34 heavy (non-hydrogen) atoms. The van der Waals surface area contributed by atoms with E-state index in [9.17, 15) is 8.42 Å². The van der Waals surface area contributed by atoms with Crippen LogP contribution in [0.25, 0.3) is 0 Å². The van der Waals surface area contributed by atoms with E-state index in [0.717, 1.165) is 5.56 Å². The molecule has 0 saturated heterocycles. The highest BCUT2D eigenvalue weighted by atomic mass is 35.5. The lowest BCUT2D eigenvalue weighted by Gasteiger charge is -2.20. The molecule has 0 aliphatic heterocycles. The van der Waals surface area contributed by atoms with E-state index in [-0.39, 0.29) is 17.5 Å². The number of aromatic nitrogens is 2. The van der Waals surface area contributed by atoms with Gasteiger partial charge in [-0.1, -0.05) is 43.1 Å². The Morgan fingerprint density at radius 2 is 1.68 bits per heavy atom. The summed E-state index contributed by atoms with van der Waals surface area (Å²) in [6, 6.07) is 13.8. The lowest BCUT2D eigenvalue weighted by Crippen LogP contribution is -2.38. The van der Waals surface area contributed by atoms with Gasteiger partial charge < -0.3 is 14.8 Å². The molecule has 0 fully saturated rings. The van der Waals surface area contributed by atoms with Gasteiger partial charge in [0.05, 0.1) is 22.7 Å². The number of ether oxygens (including phenoxy) is 2. The van der Waals surface area contributed by atoms with E-state index < -0.39 is 16.2 Å². The standard InChI is InChI=1S/C24H30ClN3O5S/c1-18(2)26-15-23(33-34(29,30)24-10-4-19(3)5-11-24)17-32-22-8-6-21(7-9-22)31-13-12-28-16-20(25)14-27-28/h4-11,14,16,18,23,26H,12-13,15,17H2,1-3H3. The summed E-state index contributed by atoms with van der Waals surface area (Å²) < 4.78 is 44.2. The van der Waals surface area contributed by atoms with Crippen molar-refractivity contribution in [2.75, 3.05) is 19.8 Å². The summed E-state index contributed by atoms with van der Waals surface area (Å²) in [5.74, 6) is 1.26. The van der Waals surface area contributed by atoms with Gasteiger partial charge in [0, 0.05) is 18.8 Å². The Morgan fingerprint density at radius 3 is 2.26 bits per heavy atom. The van der Waals surface area contributed by atoms with Gasteiger partial charge in [-0.25, -0.2) is 0 Å². The summed E-state index contributed by atoms with van der Waals surface area (Å²) in [5.41, 5.74) is 0.971. The molecule has 3 rings (SSSR count).